The Hall–Kier alpha value is -2.30. The molecule has 0 spiro atoms. The van der Waals surface area contributed by atoms with E-state index in [1.165, 1.54) is 0 Å². The number of nitrogens with one attached hydrogen (secondary N) is 1. The van der Waals surface area contributed by atoms with Crippen LogP contribution in [0.25, 0.3) is 5.69 Å². The van der Waals surface area contributed by atoms with Gasteiger partial charge in [0, 0.05) is 11.7 Å². The molecule has 3 rings (SSSR count). The number of carbonyl (C=O) groups is 1. The quantitative estimate of drug-likeness (QED) is 0.821. The molecule has 98 valence electrons. The number of benzene rings is 1. The van der Waals surface area contributed by atoms with Crippen molar-refractivity contribution >= 4 is 11.6 Å². The number of para-hydroxylation sites is 2. The van der Waals surface area contributed by atoms with Crippen LogP contribution >= 0.6 is 0 Å². The van der Waals surface area contributed by atoms with Crippen LogP contribution in [-0.4, -0.2) is 21.2 Å². The first-order valence-corrected chi connectivity index (χ1v) is 6.30. The molecule has 0 bridgehead atoms. The van der Waals surface area contributed by atoms with Crippen molar-refractivity contribution in [3.8, 4) is 5.69 Å². The number of nitrogen functional groups attached to an aromatic ring is 1. The summed E-state index contributed by atoms with van der Waals surface area (Å²) in [5, 5.41) is 7.26. The molecule has 5 heteroatoms. The summed E-state index contributed by atoms with van der Waals surface area (Å²) in [4.78, 5) is 12.0. The Morgan fingerprint density at radius 3 is 2.79 bits per heavy atom. The van der Waals surface area contributed by atoms with Crippen LogP contribution in [0.4, 0.5) is 5.69 Å². The number of hydrogen-bond donors (Lipinski definition) is 2. The third kappa shape index (κ3) is 2.31. The fourth-order valence-corrected chi connectivity index (χ4v) is 1.93. The Bertz CT molecular complexity index is 628. The second-order valence-corrected chi connectivity index (χ2v) is 5.22. The van der Waals surface area contributed by atoms with Gasteiger partial charge in [-0.15, -0.1) is 0 Å². The molecule has 1 saturated carbocycles. The molecule has 5 nitrogen and oxygen atoms in total. The highest BCUT2D eigenvalue weighted by Gasteiger charge is 2.39. The lowest BCUT2D eigenvalue weighted by Crippen LogP contribution is -2.34. The monoisotopic (exact) mass is 256 g/mol. The molecule has 1 aromatic heterocycles. The first kappa shape index (κ1) is 11.8. The number of anilines is 1. The predicted molar refractivity (Wildman–Crippen MR) is 73.1 cm³/mol. The van der Waals surface area contributed by atoms with Crippen LogP contribution in [0.5, 0.6) is 0 Å². The van der Waals surface area contributed by atoms with E-state index in [0.29, 0.717) is 11.4 Å². The van der Waals surface area contributed by atoms with Crippen molar-refractivity contribution in [3.63, 3.8) is 0 Å². The predicted octanol–water partition coefficient (Wildman–Crippen LogP) is 1.74. The molecule has 0 radical (unpaired) electrons. The van der Waals surface area contributed by atoms with Gasteiger partial charge in [-0.1, -0.05) is 12.1 Å². The Labute approximate surface area is 111 Å². The van der Waals surface area contributed by atoms with Gasteiger partial charge in [-0.05, 0) is 38.0 Å². The largest absolute Gasteiger partial charge is 0.397 e. The summed E-state index contributed by atoms with van der Waals surface area (Å²) in [7, 11) is 0. The van der Waals surface area contributed by atoms with Crippen molar-refractivity contribution < 1.29 is 4.79 Å². The van der Waals surface area contributed by atoms with E-state index < -0.39 is 0 Å². The van der Waals surface area contributed by atoms with E-state index in [1.54, 1.807) is 16.9 Å². The van der Waals surface area contributed by atoms with Crippen molar-refractivity contribution in [1.82, 2.24) is 15.1 Å². The SMILES string of the molecule is CC1(NC(=O)c2ccn(-c3ccccc3N)n2)CC1. The molecule has 1 heterocycles. The van der Waals surface area contributed by atoms with Gasteiger partial charge in [0.15, 0.2) is 5.69 Å². The maximum Gasteiger partial charge on any atom is 0.272 e. The minimum atomic E-state index is -0.131. The van der Waals surface area contributed by atoms with Crippen LogP contribution in [-0.2, 0) is 0 Å². The molecule has 2 aromatic rings. The Kier molecular flexibility index (Phi) is 2.55. The van der Waals surface area contributed by atoms with Crippen molar-refractivity contribution in [2.45, 2.75) is 25.3 Å². The number of aromatic nitrogens is 2. The zero-order valence-corrected chi connectivity index (χ0v) is 10.8. The van der Waals surface area contributed by atoms with Crippen LogP contribution in [0.1, 0.15) is 30.3 Å². The second-order valence-electron chi connectivity index (χ2n) is 5.22. The summed E-state index contributed by atoms with van der Waals surface area (Å²) in [5.74, 6) is -0.131. The summed E-state index contributed by atoms with van der Waals surface area (Å²) in [6.07, 6.45) is 3.81. The smallest absolute Gasteiger partial charge is 0.272 e. The van der Waals surface area contributed by atoms with Gasteiger partial charge < -0.3 is 11.1 Å². The average molecular weight is 256 g/mol. The minimum absolute atomic E-state index is 0.0351. The van der Waals surface area contributed by atoms with E-state index in [9.17, 15) is 4.79 Å². The number of hydrogen-bond acceptors (Lipinski definition) is 3. The van der Waals surface area contributed by atoms with E-state index in [2.05, 4.69) is 10.4 Å². The molecule has 0 unspecified atom stereocenters. The maximum absolute atomic E-state index is 12.0. The van der Waals surface area contributed by atoms with Crippen LogP contribution in [0.2, 0.25) is 0 Å². The third-order valence-electron chi connectivity index (χ3n) is 3.42. The molecule has 0 atom stereocenters. The van der Waals surface area contributed by atoms with Crippen molar-refractivity contribution in [1.29, 1.82) is 0 Å². The highest BCUT2D eigenvalue weighted by atomic mass is 16.2. The topological polar surface area (TPSA) is 72.9 Å². The van der Waals surface area contributed by atoms with Crippen LogP contribution in [0, 0.1) is 0 Å². The lowest BCUT2D eigenvalue weighted by atomic mass is 10.3. The zero-order valence-electron chi connectivity index (χ0n) is 10.8. The van der Waals surface area contributed by atoms with Gasteiger partial charge in [0.1, 0.15) is 0 Å². The van der Waals surface area contributed by atoms with Crippen molar-refractivity contribution in [2.24, 2.45) is 0 Å². The van der Waals surface area contributed by atoms with E-state index in [-0.39, 0.29) is 11.4 Å². The molecule has 1 aliphatic rings. The highest BCUT2D eigenvalue weighted by Crippen LogP contribution is 2.34. The normalized spacial score (nSPS) is 16.1. The molecule has 1 aromatic carbocycles. The first-order valence-electron chi connectivity index (χ1n) is 6.30. The molecule has 1 amide bonds. The molecule has 1 aliphatic carbocycles. The average Bonchev–Trinajstić information content (AvgIpc) is 2.93. The van der Waals surface area contributed by atoms with Gasteiger partial charge in [-0.2, -0.15) is 5.10 Å². The molecular weight excluding hydrogens is 240 g/mol. The minimum Gasteiger partial charge on any atom is -0.397 e. The summed E-state index contributed by atoms with van der Waals surface area (Å²) < 4.78 is 1.62. The molecular formula is C14H16N4O. The zero-order chi connectivity index (χ0) is 13.5. The summed E-state index contributed by atoms with van der Waals surface area (Å²) in [5.41, 5.74) is 7.67. The van der Waals surface area contributed by atoms with Gasteiger partial charge in [0.05, 0.1) is 11.4 Å². The second kappa shape index (κ2) is 4.12. The Morgan fingerprint density at radius 1 is 1.37 bits per heavy atom. The van der Waals surface area contributed by atoms with Crippen molar-refractivity contribution in [3.05, 3.63) is 42.2 Å². The van der Waals surface area contributed by atoms with Crippen LogP contribution in [0.15, 0.2) is 36.5 Å². The molecule has 1 fully saturated rings. The molecule has 0 aliphatic heterocycles. The van der Waals surface area contributed by atoms with E-state index in [1.807, 2.05) is 31.2 Å². The molecule has 0 saturated heterocycles. The maximum atomic E-state index is 12.0. The van der Waals surface area contributed by atoms with Gasteiger partial charge in [0.25, 0.3) is 5.91 Å². The number of rotatable bonds is 3. The lowest BCUT2D eigenvalue weighted by Gasteiger charge is -2.09. The number of carbonyl (C=O) groups excluding carboxylic acids is 1. The van der Waals surface area contributed by atoms with Gasteiger partial charge in [0.2, 0.25) is 0 Å². The summed E-state index contributed by atoms with van der Waals surface area (Å²) >= 11 is 0. The fraction of sp³-hybridized carbons (Fsp3) is 0.286. The molecule has 3 N–H and O–H groups in total. The van der Waals surface area contributed by atoms with Gasteiger partial charge in [-0.3, -0.25) is 4.79 Å². The van der Waals surface area contributed by atoms with E-state index >= 15 is 0 Å². The summed E-state index contributed by atoms with van der Waals surface area (Å²) in [6.45, 7) is 2.04. The lowest BCUT2D eigenvalue weighted by molar-refractivity contribution is 0.0930. The van der Waals surface area contributed by atoms with Crippen LogP contribution in [0.3, 0.4) is 0 Å². The van der Waals surface area contributed by atoms with Gasteiger partial charge >= 0.3 is 0 Å². The summed E-state index contributed by atoms with van der Waals surface area (Å²) in [6, 6.07) is 9.13. The number of amides is 1. The standard InChI is InChI=1S/C14H16N4O/c1-14(7-8-14)16-13(19)11-6-9-18(17-11)12-5-3-2-4-10(12)15/h2-6,9H,7-8,15H2,1H3,(H,16,19). The highest BCUT2D eigenvalue weighted by molar-refractivity contribution is 5.93. The van der Waals surface area contributed by atoms with Crippen LogP contribution < -0.4 is 11.1 Å². The fourth-order valence-electron chi connectivity index (χ4n) is 1.93. The molecule has 19 heavy (non-hydrogen) atoms. The number of nitrogens with two attached hydrogens (primary N) is 1. The first-order chi connectivity index (χ1) is 9.07. The Balaban J connectivity index is 1.83. The Morgan fingerprint density at radius 2 is 2.11 bits per heavy atom. The van der Waals surface area contributed by atoms with Gasteiger partial charge in [-0.25, -0.2) is 4.68 Å². The third-order valence-corrected chi connectivity index (χ3v) is 3.42. The van der Waals surface area contributed by atoms with E-state index in [0.717, 1.165) is 18.5 Å². The van der Waals surface area contributed by atoms with E-state index in [4.69, 9.17) is 5.73 Å². The number of nitrogens with zero attached hydrogens (tertiary/aromatic N) is 2. The van der Waals surface area contributed by atoms with Crippen molar-refractivity contribution in [2.75, 3.05) is 5.73 Å².